The van der Waals surface area contributed by atoms with E-state index in [1.54, 1.807) is 7.05 Å². The van der Waals surface area contributed by atoms with Crippen molar-refractivity contribution in [2.24, 2.45) is 5.41 Å². The fourth-order valence-electron chi connectivity index (χ4n) is 1.65. The average molecular weight is 221 g/mol. The van der Waals surface area contributed by atoms with Crippen molar-refractivity contribution < 1.29 is 9.59 Å². The molecule has 0 bridgehead atoms. The molecule has 5 heteroatoms. The summed E-state index contributed by atoms with van der Waals surface area (Å²) in [6.07, 6.45) is 3.31. The zero-order valence-corrected chi connectivity index (χ0v) is 9.32. The summed E-state index contributed by atoms with van der Waals surface area (Å²) in [5.74, 6) is -0.354. The first-order valence-corrected chi connectivity index (χ1v) is 5.53. The lowest BCUT2D eigenvalue weighted by Gasteiger charge is -2.18. The number of nitrogens with zero attached hydrogens (tertiary/aromatic N) is 2. The number of hydrogen-bond donors (Lipinski definition) is 1. The number of nitrogens with one attached hydrogen (secondary N) is 1. The standard InChI is InChI=1S/C11H15N3O2/c1-14(6-9(15)13-8-2-3-8)10(16)11(7-12)4-5-11/h8H,2-6H2,1H3,(H,13,15). The number of carbonyl (C=O) groups excluding carboxylic acids is 2. The Hall–Kier alpha value is -1.57. The van der Waals surface area contributed by atoms with Gasteiger partial charge in [0.25, 0.3) is 0 Å². The van der Waals surface area contributed by atoms with Crippen molar-refractivity contribution in [3.8, 4) is 6.07 Å². The molecule has 0 spiro atoms. The summed E-state index contributed by atoms with van der Waals surface area (Å²) < 4.78 is 0. The van der Waals surface area contributed by atoms with Crippen LogP contribution >= 0.6 is 0 Å². The Morgan fingerprint density at radius 1 is 1.50 bits per heavy atom. The van der Waals surface area contributed by atoms with Crippen LogP contribution in [0.2, 0.25) is 0 Å². The van der Waals surface area contributed by atoms with E-state index in [4.69, 9.17) is 5.26 Å². The van der Waals surface area contributed by atoms with Crippen LogP contribution in [-0.2, 0) is 9.59 Å². The van der Waals surface area contributed by atoms with E-state index in [1.165, 1.54) is 4.90 Å². The number of carbonyl (C=O) groups is 2. The van der Waals surface area contributed by atoms with E-state index in [-0.39, 0.29) is 18.4 Å². The largest absolute Gasteiger partial charge is 0.352 e. The summed E-state index contributed by atoms with van der Waals surface area (Å²) in [6, 6.07) is 2.34. The van der Waals surface area contributed by atoms with E-state index in [0.29, 0.717) is 18.9 Å². The molecule has 2 amide bonds. The smallest absolute Gasteiger partial charge is 0.243 e. The van der Waals surface area contributed by atoms with Crippen LogP contribution in [-0.4, -0.2) is 36.3 Å². The highest BCUT2D eigenvalue weighted by Gasteiger charge is 2.52. The topological polar surface area (TPSA) is 73.2 Å². The van der Waals surface area contributed by atoms with Crippen molar-refractivity contribution in [1.82, 2.24) is 10.2 Å². The van der Waals surface area contributed by atoms with Crippen LogP contribution in [0.1, 0.15) is 25.7 Å². The Kier molecular flexibility index (Phi) is 2.58. The molecule has 1 N–H and O–H groups in total. The second kappa shape index (κ2) is 3.78. The minimum Gasteiger partial charge on any atom is -0.352 e. The Morgan fingerprint density at radius 3 is 2.56 bits per heavy atom. The van der Waals surface area contributed by atoms with Gasteiger partial charge >= 0.3 is 0 Å². The molecule has 0 radical (unpaired) electrons. The van der Waals surface area contributed by atoms with Crippen LogP contribution in [0.3, 0.4) is 0 Å². The minimum atomic E-state index is -0.825. The van der Waals surface area contributed by atoms with Gasteiger partial charge in [0.1, 0.15) is 5.41 Å². The summed E-state index contributed by atoms with van der Waals surface area (Å²) in [5, 5.41) is 11.7. The van der Waals surface area contributed by atoms with E-state index in [9.17, 15) is 9.59 Å². The Bertz CT molecular complexity index is 364. The van der Waals surface area contributed by atoms with Crippen LogP contribution in [0.5, 0.6) is 0 Å². The first-order chi connectivity index (χ1) is 7.57. The summed E-state index contributed by atoms with van der Waals surface area (Å²) >= 11 is 0. The third-order valence-corrected chi connectivity index (χ3v) is 3.04. The molecule has 0 saturated heterocycles. The molecule has 0 aromatic heterocycles. The van der Waals surface area contributed by atoms with Gasteiger partial charge in [-0.25, -0.2) is 0 Å². The van der Waals surface area contributed by atoms with Crippen LogP contribution in [0.25, 0.3) is 0 Å². The molecule has 0 heterocycles. The zero-order valence-electron chi connectivity index (χ0n) is 9.32. The molecule has 86 valence electrons. The molecule has 2 fully saturated rings. The SMILES string of the molecule is CN(CC(=O)NC1CC1)C(=O)C1(C#N)CC1. The summed E-state index contributed by atoms with van der Waals surface area (Å²) in [7, 11) is 1.58. The third-order valence-electron chi connectivity index (χ3n) is 3.04. The molecule has 2 aliphatic carbocycles. The van der Waals surface area contributed by atoms with Gasteiger partial charge in [0.15, 0.2) is 0 Å². The van der Waals surface area contributed by atoms with Gasteiger partial charge in [0.05, 0.1) is 12.6 Å². The fraction of sp³-hybridized carbons (Fsp3) is 0.727. The number of rotatable bonds is 4. The van der Waals surface area contributed by atoms with Crippen LogP contribution in [0.4, 0.5) is 0 Å². The van der Waals surface area contributed by atoms with E-state index >= 15 is 0 Å². The normalized spacial score (nSPS) is 20.8. The van der Waals surface area contributed by atoms with Gasteiger partial charge in [-0.1, -0.05) is 0 Å². The maximum atomic E-state index is 11.8. The van der Waals surface area contributed by atoms with Gasteiger partial charge in [-0.3, -0.25) is 9.59 Å². The maximum absolute atomic E-state index is 11.8. The van der Waals surface area contributed by atoms with Crippen molar-refractivity contribution in [3.05, 3.63) is 0 Å². The summed E-state index contributed by atoms with van der Waals surface area (Å²) in [6.45, 7) is 0.0543. The van der Waals surface area contributed by atoms with Crippen molar-refractivity contribution in [1.29, 1.82) is 5.26 Å². The van der Waals surface area contributed by atoms with Gasteiger partial charge < -0.3 is 10.2 Å². The number of amides is 2. The van der Waals surface area contributed by atoms with E-state index in [2.05, 4.69) is 5.32 Å². The van der Waals surface area contributed by atoms with Gasteiger partial charge in [-0.05, 0) is 25.7 Å². The Balaban J connectivity index is 1.83. The number of likely N-dealkylation sites (N-methyl/N-ethyl adjacent to an activating group) is 1. The lowest BCUT2D eigenvalue weighted by molar-refractivity contribution is -0.137. The maximum Gasteiger partial charge on any atom is 0.243 e. The first-order valence-electron chi connectivity index (χ1n) is 5.53. The molecule has 2 rings (SSSR count). The number of hydrogen-bond acceptors (Lipinski definition) is 3. The highest BCUT2D eigenvalue weighted by molar-refractivity contribution is 5.91. The van der Waals surface area contributed by atoms with E-state index < -0.39 is 5.41 Å². The molecule has 5 nitrogen and oxygen atoms in total. The number of nitriles is 1. The molecule has 0 aromatic carbocycles. The molecule has 0 aromatic rings. The van der Waals surface area contributed by atoms with Crippen molar-refractivity contribution >= 4 is 11.8 Å². The van der Waals surface area contributed by atoms with Crippen molar-refractivity contribution in [2.75, 3.05) is 13.6 Å². The van der Waals surface area contributed by atoms with Gasteiger partial charge in [0.2, 0.25) is 11.8 Å². The Labute approximate surface area is 94.4 Å². The summed E-state index contributed by atoms with van der Waals surface area (Å²) in [5.41, 5.74) is -0.825. The molecular formula is C11H15N3O2. The molecule has 16 heavy (non-hydrogen) atoms. The lowest BCUT2D eigenvalue weighted by Crippen LogP contribution is -2.41. The van der Waals surface area contributed by atoms with Gasteiger partial charge in [-0.2, -0.15) is 5.26 Å². The molecule has 0 aliphatic heterocycles. The third kappa shape index (κ3) is 2.16. The molecule has 0 unspecified atom stereocenters. The summed E-state index contributed by atoms with van der Waals surface area (Å²) in [4.78, 5) is 24.6. The van der Waals surface area contributed by atoms with Crippen LogP contribution in [0, 0.1) is 16.7 Å². The molecule has 0 atom stereocenters. The van der Waals surface area contributed by atoms with Crippen LogP contribution in [0.15, 0.2) is 0 Å². The lowest BCUT2D eigenvalue weighted by atomic mass is 10.1. The predicted molar refractivity (Wildman–Crippen MR) is 56.1 cm³/mol. The quantitative estimate of drug-likeness (QED) is 0.727. The van der Waals surface area contributed by atoms with Crippen molar-refractivity contribution in [3.63, 3.8) is 0 Å². The Morgan fingerprint density at radius 2 is 2.12 bits per heavy atom. The van der Waals surface area contributed by atoms with Crippen LogP contribution < -0.4 is 5.32 Å². The highest BCUT2D eigenvalue weighted by atomic mass is 16.2. The zero-order chi connectivity index (χ0) is 11.8. The average Bonchev–Trinajstić information content (AvgIpc) is 3.11. The van der Waals surface area contributed by atoms with Gasteiger partial charge in [0, 0.05) is 13.1 Å². The predicted octanol–water partition coefficient (Wildman–Crippen LogP) is 0.0272. The van der Waals surface area contributed by atoms with E-state index in [0.717, 1.165) is 12.8 Å². The second-order valence-electron chi connectivity index (χ2n) is 4.70. The van der Waals surface area contributed by atoms with Crippen molar-refractivity contribution in [2.45, 2.75) is 31.7 Å². The molecular weight excluding hydrogens is 206 g/mol. The second-order valence-corrected chi connectivity index (χ2v) is 4.70. The van der Waals surface area contributed by atoms with E-state index in [1.807, 2.05) is 6.07 Å². The molecule has 2 aliphatic rings. The fourth-order valence-corrected chi connectivity index (χ4v) is 1.65. The monoisotopic (exact) mass is 221 g/mol. The highest BCUT2D eigenvalue weighted by Crippen LogP contribution is 2.46. The molecule has 2 saturated carbocycles. The van der Waals surface area contributed by atoms with Gasteiger partial charge in [-0.15, -0.1) is 0 Å². The first kappa shape index (κ1) is 10.9. The minimum absolute atomic E-state index is 0.0543.